The molecule has 0 aliphatic rings. The Kier molecular flexibility index (Phi) is 4.65. The minimum absolute atomic E-state index is 0.523. The van der Waals surface area contributed by atoms with Crippen molar-refractivity contribution in [3.8, 4) is 0 Å². The molecular formula is C17H26N2. The molecule has 0 atom stereocenters. The summed E-state index contributed by atoms with van der Waals surface area (Å²) in [7, 11) is 0. The van der Waals surface area contributed by atoms with Crippen molar-refractivity contribution in [2.45, 2.75) is 53.2 Å². The van der Waals surface area contributed by atoms with Crippen molar-refractivity contribution in [2.75, 3.05) is 0 Å². The Bertz CT molecular complexity index is 523. The van der Waals surface area contributed by atoms with Crippen LogP contribution in [0, 0.1) is 5.92 Å². The van der Waals surface area contributed by atoms with Crippen LogP contribution < -0.4 is 5.32 Å². The molecule has 0 aliphatic carbocycles. The molecule has 0 unspecified atom stereocenters. The van der Waals surface area contributed by atoms with Crippen LogP contribution in [-0.2, 0) is 13.1 Å². The molecule has 0 saturated carbocycles. The van der Waals surface area contributed by atoms with Crippen LogP contribution in [0.5, 0.6) is 0 Å². The Morgan fingerprint density at radius 3 is 2.58 bits per heavy atom. The monoisotopic (exact) mass is 258 g/mol. The number of nitrogens with one attached hydrogen (secondary N) is 1. The molecule has 104 valence electrons. The molecule has 2 aromatic rings. The highest BCUT2D eigenvalue weighted by atomic mass is 15.0. The fourth-order valence-electron chi connectivity index (χ4n) is 2.38. The van der Waals surface area contributed by atoms with Gasteiger partial charge in [-0.1, -0.05) is 45.9 Å². The molecule has 2 rings (SSSR count). The van der Waals surface area contributed by atoms with Gasteiger partial charge in [0, 0.05) is 25.3 Å². The SMILES string of the molecule is CC(C)CCn1ccc2cccc(CNC(C)C)c21. The van der Waals surface area contributed by atoms with Gasteiger partial charge in [-0.25, -0.2) is 0 Å². The number of aromatic nitrogens is 1. The quantitative estimate of drug-likeness (QED) is 0.822. The maximum Gasteiger partial charge on any atom is 0.0525 e. The number of nitrogens with zero attached hydrogens (tertiary/aromatic N) is 1. The number of rotatable bonds is 6. The van der Waals surface area contributed by atoms with E-state index >= 15 is 0 Å². The molecule has 0 saturated heterocycles. The molecule has 0 aliphatic heterocycles. The van der Waals surface area contributed by atoms with Gasteiger partial charge in [0.15, 0.2) is 0 Å². The lowest BCUT2D eigenvalue weighted by molar-refractivity contribution is 0.523. The van der Waals surface area contributed by atoms with Gasteiger partial charge >= 0.3 is 0 Å². The van der Waals surface area contributed by atoms with E-state index in [9.17, 15) is 0 Å². The van der Waals surface area contributed by atoms with Gasteiger partial charge in [-0.05, 0) is 29.4 Å². The van der Waals surface area contributed by atoms with Crippen molar-refractivity contribution < 1.29 is 0 Å². The maximum absolute atomic E-state index is 3.52. The smallest absolute Gasteiger partial charge is 0.0525 e. The number of aryl methyl sites for hydroxylation is 1. The van der Waals surface area contributed by atoms with Gasteiger partial charge in [0.05, 0.1) is 5.52 Å². The topological polar surface area (TPSA) is 17.0 Å². The zero-order valence-corrected chi connectivity index (χ0v) is 12.6. The molecule has 0 fully saturated rings. The number of hydrogen-bond acceptors (Lipinski definition) is 1. The van der Waals surface area contributed by atoms with Crippen molar-refractivity contribution in [1.82, 2.24) is 9.88 Å². The first-order valence-corrected chi connectivity index (χ1v) is 7.38. The first-order valence-electron chi connectivity index (χ1n) is 7.38. The van der Waals surface area contributed by atoms with Crippen LogP contribution in [0.1, 0.15) is 39.7 Å². The third-order valence-electron chi connectivity index (χ3n) is 3.52. The highest BCUT2D eigenvalue weighted by Crippen LogP contribution is 2.21. The van der Waals surface area contributed by atoms with Crippen molar-refractivity contribution >= 4 is 10.9 Å². The molecular weight excluding hydrogens is 232 g/mol. The number of benzene rings is 1. The van der Waals surface area contributed by atoms with Crippen molar-refractivity contribution in [1.29, 1.82) is 0 Å². The second-order valence-electron chi connectivity index (χ2n) is 6.08. The van der Waals surface area contributed by atoms with Gasteiger partial charge in [-0.15, -0.1) is 0 Å². The van der Waals surface area contributed by atoms with Crippen molar-refractivity contribution in [3.05, 3.63) is 36.0 Å². The molecule has 1 heterocycles. The fraction of sp³-hybridized carbons (Fsp3) is 0.529. The fourth-order valence-corrected chi connectivity index (χ4v) is 2.38. The highest BCUT2D eigenvalue weighted by Gasteiger charge is 2.07. The van der Waals surface area contributed by atoms with Gasteiger partial charge in [-0.2, -0.15) is 0 Å². The molecule has 2 nitrogen and oxygen atoms in total. The summed E-state index contributed by atoms with van der Waals surface area (Å²) in [5, 5.41) is 4.88. The van der Waals surface area contributed by atoms with Gasteiger partial charge in [0.25, 0.3) is 0 Å². The standard InChI is InChI=1S/C17H26N2/c1-13(2)8-10-19-11-9-15-6-5-7-16(17(15)19)12-18-14(3)4/h5-7,9,11,13-14,18H,8,10,12H2,1-4H3. The third-order valence-corrected chi connectivity index (χ3v) is 3.52. The van der Waals surface area contributed by atoms with E-state index in [2.05, 4.69) is 68.0 Å². The van der Waals surface area contributed by atoms with E-state index in [1.807, 2.05) is 0 Å². The summed E-state index contributed by atoms with van der Waals surface area (Å²) in [4.78, 5) is 0. The van der Waals surface area contributed by atoms with Crippen LogP contribution in [0.2, 0.25) is 0 Å². The largest absolute Gasteiger partial charge is 0.347 e. The van der Waals surface area contributed by atoms with Crippen LogP contribution in [0.3, 0.4) is 0 Å². The molecule has 1 aromatic carbocycles. The molecule has 1 aromatic heterocycles. The third kappa shape index (κ3) is 3.60. The summed E-state index contributed by atoms with van der Waals surface area (Å²) in [5.41, 5.74) is 2.80. The predicted molar refractivity (Wildman–Crippen MR) is 83.4 cm³/mol. The molecule has 2 heteroatoms. The average Bonchev–Trinajstić information content (AvgIpc) is 2.77. The average molecular weight is 258 g/mol. The Morgan fingerprint density at radius 1 is 1.11 bits per heavy atom. The zero-order valence-electron chi connectivity index (χ0n) is 12.6. The first-order chi connectivity index (χ1) is 9.08. The van der Waals surface area contributed by atoms with Crippen molar-refractivity contribution in [3.63, 3.8) is 0 Å². The van der Waals surface area contributed by atoms with E-state index in [4.69, 9.17) is 0 Å². The minimum atomic E-state index is 0.523. The predicted octanol–water partition coefficient (Wildman–Crippen LogP) is 4.19. The van der Waals surface area contributed by atoms with E-state index in [0.717, 1.165) is 19.0 Å². The van der Waals surface area contributed by atoms with Gasteiger partial charge in [-0.3, -0.25) is 0 Å². The Morgan fingerprint density at radius 2 is 1.89 bits per heavy atom. The van der Waals surface area contributed by atoms with E-state index in [1.165, 1.54) is 22.9 Å². The second-order valence-corrected chi connectivity index (χ2v) is 6.08. The van der Waals surface area contributed by atoms with Crippen LogP contribution in [-0.4, -0.2) is 10.6 Å². The van der Waals surface area contributed by atoms with E-state index in [0.29, 0.717) is 6.04 Å². The first kappa shape index (κ1) is 14.1. The number of fused-ring (bicyclic) bond motifs is 1. The van der Waals surface area contributed by atoms with Gasteiger partial charge in [0.1, 0.15) is 0 Å². The Balaban J connectivity index is 2.27. The number of hydrogen-bond donors (Lipinski definition) is 1. The van der Waals surface area contributed by atoms with Crippen LogP contribution in [0.25, 0.3) is 10.9 Å². The summed E-state index contributed by atoms with van der Waals surface area (Å²) in [6.45, 7) is 11.0. The molecule has 0 amide bonds. The van der Waals surface area contributed by atoms with Gasteiger partial charge < -0.3 is 9.88 Å². The zero-order chi connectivity index (χ0) is 13.8. The summed E-state index contributed by atoms with van der Waals surface area (Å²) in [5.74, 6) is 0.749. The molecule has 19 heavy (non-hydrogen) atoms. The lowest BCUT2D eigenvalue weighted by Gasteiger charge is -2.13. The minimum Gasteiger partial charge on any atom is -0.347 e. The highest BCUT2D eigenvalue weighted by molar-refractivity contribution is 5.83. The maximum atomic E-state index is 3.52. The molecule has 1 N–H and O–H groups in total. The van der Waals surface area contributed by atoms with Crippen molar-refractivity contribution in [2.24, 2.45) is 5.92 Å². The molecule has 0 spiro atoms. The van der Waals surface area contributed by atoms with E-state index in [-0.39, 0.29) is 0 Å². The number of para-hydroxylation sites is 1. The summed E-state index contributed by atoms with van der Waals surface area (Å²) >= 11 is 0. The normalized spacial score (nSPS) is 11.9. The Labute approximate surface area is 116 Å². The molecule has 0 bridgehead atoms. The summed E-state index contributed by atoms with van der Waals surface area (Å²) in [6, 6.07) is 9.36. The van der Waals surface area contributed by atoms with Crippen LogP contribution >= 0.6 is 0 Å². The lowest BCUT2D eigenvalue weighted by Crippen LogP contribution is -2.22. The Hall–Kier alpha value is -1.28. The van der Waals surface area contributed by atoms with E-state index < -0.39 is 0 Å². The van der Waals surface area contributed by atoms with Crippen LogP contribution in [0.4, 0.5) is 0 Å². The van der Waals surface area contributed by atoms with Gasteiger partial charge in [0.2, 0.25) is 0 Å². The summed E-state index contributed by atoms with van der Waals surface area (Å²) < 4.78 is 2.41. The lowest BCUT2D eigenvalue weighted by atomic mass is 10.1. The summed E-state index contributed by atoms with van der Waals surface area (Å²) in [6.07, 6.45) is 3.46. The van der Waals surface area contributed by atoms with Crippen LogP contribution in [0.15, 0.2) is 30.5 Å². The second kappa shape index (κ2) is 6.25. The molecule has 0 radical (unpaired) electrons. The van der Waals surface area contributed by atoms with E-state index in [1.54, 1.807) is 0 Å².